The molecule has 164 valence electrons. The van der Waals surface area contributed by atoms with Gasteiger partial charge in [-0.15, -0.1) is 0 Å². The molecule has 0 atom stereocenters. The molecule has 2 saturated heterocycles. The van der Waals surface area contributed by atoms with E-state index in [0.29, 0.717) is 12.5 Å². The fourth-order valence-electron chi connectivity index (χ4n) is 5.46. The van der Waals surface area contributed by atoms with Crippen molar-refractivity contribution in [2.75, 3.05) is 50.8 Å². The minimum atomic E-state index is -0.167. The van der Waals surface area contributed by atoms with Crippen molar-refractivity contribution in [3.8, 4) is 0 Å². The SMILES string of the molecule is CCOC(=O)N1CCC(CN2CCC3(CC2)CCN(C(C)=O)c2ncccc23)CC1. The topological polar surface area (TPSA) is 66.0 Å². The zero-order chi connectivity index (χ0) is 21.1. The zero-order valence-corrected chi connectivity index (χ0v) is 18.3. The van der Waals surface area contributed by atoms with Crippen molar-refractivity contribution in [2.45, 2.75) is 51.4 Å². The molecule has 4 heterocycles. The summed E-state index contributed by atoms with van der Waals surface area (Å²) in [5, 5.41) is 0. The number of amides is 2. The average molecular weight is 415 g/mol. The number of piperidine rings is 2. The van der Waals surface area contributed by atoms with Crippen molar-refractivity contribution in [3.05, 3.63) is 23.9 Å². The minimum absolute atomic E-state index is 0.0800. The van der Waals surface area contributed by atoms with Gasteiger partial charge in [0, 0.05) is 50.3 Å². The number of hydrogen-bond acceptors (Lipinski definition) is 5. The molecule has 0 bridgehead atoms. The molecule has 7 heteroatoms. The molecule has 3 aliphatic rings. The molecule has 2 amide bonds. The van der Waals surface area contributed by atoms with Crippen LogP contribution in [0.1, 0.15) is 51.5 Å². The van der Waals surface area contributed by atoms with E-state index in [2.05, 4.69) is 16.0 Å². The minimum Gasteiger partial charge on any atom is -0.450 e. The van der Waals surface area contributed by atoms with Crippen molar-refractivity contribution in [1.82, 2.24) is 14.8 Å². The maximum atomic E-state index is 12.1. The first-order valence-corrected chi connectivity index (χ1v) is 11.4. The predicted molar refractivity (Wildman–Crippen MR) is 116 cm³/mol. The van der Waals surface area contributed by atoms with Gasteiger partial charge in [0.2, 0.25) is 5.91 Å². The van der Waals surface area contributed by atoms with Gasteiger partial charge in [-0.1, -0.05) is 6.07 Å². The Hall–Kier alpha value is -2.15. The van der Waals surface area contributed by atoms with Gasteiger partial charge < -0.3 is 14.5 Å². The maximum absolute atomic E-state index is 12.1. The monoisotopic (exact) mass is 414 g/mol. The Bertz CT molecular complexity index is 767. The van der Waals surface area contributed by atoms with Gasteiger partial charge in [0.15, 0.2) is 0 Å². The number of pyridine rings is 1. The van der Waals surface area contributed by atoms with Crippen LogP contribution in [0.3, 0.4) is 0 Å². The fraction of sp³-hybridized carbons (Fsp3) is 0.696. The highest BCUT2D eigenvalue weighted by Crippen LogP contribution is 2.45. The lowest BCUT2D eigenvalue weighted by atomic mass is 9.68. The summed E-state index contributed by atoms with van der Waals surface area (Å²) in [6.07, 6.45) is 7.02. The van der Waals surface area contributed by atoms with E-state index in [9.17, 15) is 9.59 Å². The number of hydrogen-bond donors (Lipinski definition) is 0. The van der Waals surface area contributed by atoms with Crippen molar-refractivity contribution < 1.29 is 14.3 Å². The first kappa shape index (κ1) is 21.1. The highest BCUT2D eigenvalue weighted by Gasteiger charge is 2.43. The van der Waals surface area contributed by atoms with Crippen LogP contribution in [0.2, 0.25) is 0 Å². The van der Waals surface area contributed by atoms with E-state index < -0.39 is 0 Å². The molecular weight excluding hydrogens is 380 g/mol. The normalized spacial score (nSPS) is 22.1. The molecule has 0 N–H and O–H groups in total. The van der Waals surface area contributed by atoms with E-state index in [1.165, 1.54) is 5.56 Å². The number of ether oxygens (including phenoxy) is 1. The summed E-state index contributed by atoms with van der Waals surface area (Å²) in [4.78, 5) is 34.8. The summed E-state index contributed by atoms with van der Waals surface area (Å²) < 4.78 is 5.13. The third kappa shape index (κ3) is 4.17. The molecule has 4 rings (SSSR count). The molecule has 30 heavy (non-hydrogen) atoms. The molecule has 0 aliphatic carbocycles. The summed E-state index contributed by atoms with van der Waals surface area (Å²) in [7, 11) is 0. The van der Waals surface area contributed by atoms with Gasteiger partial charge in [0.1, 0.15) is 5.82 Å². The van der Waals surface area contributed by atoms with E-state index in [-0.39, 0.29) is 17.4 Å². The van der Waals surface area contributed by atoms with Crippen molar-refractivity contribution in [1.29, 1.82) is 0 Å². The van der Waals surface area contributed by atoms with Crippen LogP contribution in [0, 0.1) is 5.92 Å². The molecule has 1 aromatic heterocycles. The summed E-state index contributed by atoms with van der Waals surface area (Å²) in [6, 6.07) is 4.19. The van der Waals surface area contributed by atoms with Crippen LogP contribution in [0.4, 0.5) is 10.6 Å². The van der Waals surface area contributed by atoms with Crippen molar-refractivity contribution in [2.24, 2.45) is 5.92 Å². The number of fused-ring (bicyclic) bond motifs is 2. The largest absolute Gasteiger partial charge is 0.450 e. The van der Waals surface area contributed by atoms with Crippen LogP contribution in [-0.2, 0) is 14.9 Å². The molecule has 0 unspecified atom stereocenters. The number of nitrogens with zero attached hydrogens (tertiary/aromatic N) is 4. The van der Waals surface area contributed by atoms with Gasteiger partial charge in [-0.3, -0.25) is 9.69 Å². The fourth-order valence-corrected chi connectivity index (χ4v) is 5.46. The Labute approximate surface area is 179 Å². The van der Waals surface area contributed by atoms with Crippen LogP contribution in [0.5, 0.6) is 0 Å². The third-order valence-electron chi connectivity index (χ3n) is 7.28. The second-order valence-electron chi connectivity index (χ2n) is 9.01. The van der Waals surface area contributed by atoms with Crippen LogP contribution in [-0.4, -0.2) is 72.7 Å². The van der Waals surface area contributed by atoms with Crippen molar-refractivity contribution >= 4 is 17.8 Å². The smallest absolute Gasteiger partial charge is 0.409 e. The lowest BCUT2D eigenvalue weighted by molar-refractivity contribution is -0.116. The lowest BCUT2D eigenvalue weighted by Crippen LogP contribution is -2.50. The standard InChI is InChI=1S/C23H34N4O3/c1-3-30-22(29)26-12-6-19(7-13-26)17-25-14-8-23(9-15-25)10-16-27(18(2)28)21-20(23)5-4-11-24-21/h4-5,11,19H,3,6-10,12-17H2,1-2H3. The van der Waals surface area contributed by atoms with Crippen LogP contribution in [0.15, 0.2) is 18.3 Å². The molecule has 2 fully saturated rings. The third-order valence-corrected chi connectivity index (χ3v) is 7.28. The molecule has 1 aromatic rings. The van der Waals surface area contributed by atoms with Gasteiger partial charge in [-0.2, -0.15) is 0 Å². The van der Waals surface area contributed by atoms with E-state index in [4.69, 9.17) is 4.74 Å². The number of rotatable bonds is 3. The lowest BCUT2D eigenvalue weighted by Gasteiger charge is -2.47. The highest BCUT2D eigenvalue weighted by molar-refractivity contribution is 5.92. The average Bonchev–Trinajstić information content (AvgIpc) is 2.76. The van der Waals surface area contributed by atoms with E-state index >= 15 is 0 Å². The Balaban J connectivity index is 1.33. The number of carbonyl (C=O) groups excluding carboxylic acids is 2. The Morgan fingerprint density at radius 3 is 2.50 bits per heavy atom. The molecule has 1 spiro atoms. The van der Waals surface area contributed by atoms with Crippen LogP contribution >= 0.6 is 0 Å². The number of anilines is 1. The summed E-state index contributed by atoms with van der Waals surface area (Å²) >= 11 is 0. The Kier molecular flexibility index (Phi) is 6.27. The Morgan fingerprint density at radius 2 is 1.83 bits per heavy atom. The van der Waals surface area contributed by atoms with E-state index in [0.717, 1.165) is 77.2 Å². The quantitative estimate of drug-likeness (QED) is 0.761. The molecule has 0 aromatic carbocycles. The molecule has 7 nitrogen and oxygen atoms in total. The highest BCUT2D eigenvalue weighted by atomic mass is 16.6. The first-order valence-electron chi connectivity index (χ1n) is 11.4. The van der Waals surface area contributed by atoms with Gasteiger partial charge in [-0.05, 0) is 64.1 Å². The molecular formula is C23H34N4O3. The van der Waals surface area contributed by atoms with Gasteiger partial charge in [-0.25, -0.2) is 9.78 Å². The summed E-state index contributed by atoms with van der Waals surface area (Å²) in [6.45, 7) is 9.61. The number of likely N-dealkylation sites (tertiary alicyclic amines) is 2. The number of aromatic nitrogens is 1. The van der Waals surface area contributed by atoms with E-state index in [1.54, 1.807) is 13.1 Å². The maximum Gasteiger partial charge on any atom is 0.409 e. The van der Waals surface area contributed by atoms with Crippen LogP contribution < -0.4 is 4.90 Å². The van der Waals surface area contributed by atoms with Gasteiger partial charge in [0.25, 0.3) is 0 Å². The Morgan fingerprint density at radius 1 is 1.13 bits per heavy atom. The van der Waals surface area contributed by atoms with Gasteiger partial charge >= 0.3 is 6.09 Å². The molecule has 0 saturated carbocycles. The van der Waals surface area contributed by atoms with Gasteiger partial charge in [0.05, 0.1) is 6.61 Å². The molecule has 0 radical (unpaired) electrons. The predicted octanol–water partition coefficient (Wildman–Crippen LogP) is 3.04. The van der Waals surface area contributed by atoms with Crippen molar-refractivity contribution in [3.63, 3.8) is 0 Å². The van der Waals surface area contributed by atoms with E-state index in [1.807, 2.05) is 22.8 Å². The van der Waals surface area contributed by atoms with Crippen LogP contribution in [0.25, 0.3) is 0 Å². The zero-order valence-electron chi connectivity index (χ0n) is 18.3. The first-order chi connectivity index (χ1) is 14.5. The number of carbonyl (C=O) groups is 2. The second-order valence-corrected chi connectivity index (χ2v) is 9.01. The second kappa shape index (κ2) is 8.92. The summed E-state index contributed by atoms with van der Waals surface area (Å²) in [5.41, 5.74) is 1.41. The molecule has 3 aliphatic heterocycles. The summed E-state index contributed by atoms with van der Waals surface area (Å²) in [5.74, 6) is 1.60.